The smallest absolute Gasteiger partial charge is 0.255 e. The van der Waals surface area contributed by atoms with Crippen LogP contribution in [-0.2, 0) is 4.74 Å². The van der Waals surface area contributed by atoms with E-state index in [0.717, 1.165) is 48.1 Å². The van der Waals surface area contributed by atoms with Gasteiger partial charge in [0, 0.05) is 24.7 Å². The standard InChI is InChI=1S/C15H20BrNO2/c1-11-5-6-14(16)13(8-11)15(18)17-7-3-4-12(9-17)10-19-2/h5-6,8,12H,3-4,7,9-10H2,1-2H3. The molecule has 0 spiro atoms. The van der Waals surface area contributed by atoms with Gasteiger partial charge in [0.1, 0.15) is 0 Å². The van der Waals surface area contributed by atoms with E-state index >= 15 is 0 Å². The molecule has 0 radical (unpaired) electrons. The van der Waals surface area contributed by atoms with Gasteiger partial charge in [-0.3, -0.25) is 4.79 Å². The third kappa shape index (κ3) is 3.57. The third-order valence-electron chi connectivity index (χ3n) is 3.56. The average Bonchev–Trinajstić information content (AvgIpc) is 2.41. The molecule has 1 aliphatic heterocycles. The first-order valence-electron chi connectivity index (χ1n) is 6.66. The molecule has 0 N–H and O–H groups in total. The van der Waals surface area contributed by atoms with E-state index < -0.39 is 0 Å². The van der Waals surface area contributed by atoms with Crippen LogP contribution in [0.25, 0.3) is 0 Å². The van der Waals surface area contributed by atoms with Gasteiger partial charge in [0.05, 0.1) is 12.2 Å². The maximum atomic E-state index is 12.6. The maximum Gasteiger partial charge on any atom is 0.255 e. The van der Waals surface area contributed by atoms with Gasteiger partial charge in [-0.2, -0.15) is 0 Å². The minimum Gasteiger partial charge on any atom is -0.384 e. The third-order valence-corrected chi connectivity index (χ3v) is 4.25. The number of hydrogen-bond acceptors (Lipinski definition) is 2. The first-order valence-corrected chi connectivity index (χ1v) is 7.45. The number of halogens is 1. The van der Waals surface area contributed by atoms with Crippen molar-refractivity contribution in [3.63, 3.8) is 0 Å². The number of piperidine rings is 1. The summed E-state index contributed by atoms with van der Waals surface area (Å²) >= 11 is 3.47. The Kier molecular flexibility index (Phi) is 4.99. The highest BCUT2D eigenvalue weighted by molar-refractivity contribution is 9.10. The SMILES string of the molecule is COCC1CCCN(C(=O)c2cc(C)ccc2Br)C1. The van der Waals surface area contributed by atoms with Gasteiger partial charge in [0.25, 0.3) is 5.91 Å². The Balaban J connectivity index is 2.12. The summed E-state index contributed by atoms with van der Waals surface area (Å²) in [5.74, 6) is 0.586. The van der Waals surface area contributed by atoms with E-state index in [2.05, 4.69) is 15.9 Å². The summed E-state index contributed by atoms with van der Waals surface area (Å²) in [4.78, 5) is 14.5. The lowest BCUT2D eigenvalue weighted by Crippen LogP contribution is -2.41. The van der Waals surface area contributed by atoms with Crippen LogP contribution in [0.1, 0.15) is 28.8 Å². The molecule has 104 valence electrons. The summed E-state index contributed by atoms with van der Waals surface area (Å²) in [7, 11) is 1.72. The Bertz CT molecular complexity index is 459. The number of hydrogen-bond donors (Lipinski definition) is 0. The maximum absolute atomic E-state index is 12.6. The van der Waals surface area contributed by atoms with Gasteiger partial charge >= 0.3 is 0 Å². The zero-order valence-electron chi connectivity index (χ0n) is 11.5. The van der Waals surface area contributed by atoms with Crippen LogP contribution in [0.5, 0.6) is 0 Å². The summed E-state index contributed by atoms with van der Waals surface area (Å²) < 4.78 is 6.08. The molecule has 19 heavy (non-hydrogen) atoms. The van der Waals surface area contributed by atoms with Crippen LogP contribution in [0, 0.1) is 12.8 Å². The van der Waals surface area contributed by atoms with Gasteiger partial charge in [-0.15, -0.1) is 0 Å². The predicted octanol–water partition coefficient (Wildman–Crippen LogP) is 3.26. The van der Waals surface area contributed by atoms with Gasteiger partial charge in [-0.25, -0.2) is 0 Å². The molecule has 1 amide bonds. The summed E-state index contributed by atoms with van der Waals surface area (Å²) in [5, 5.41) is 0. The molecule has 2 rings (SSSR count). The Hall–Kier alpha value is -0.870. The van der Waals surface area contributed by atoms with Crippen LogP contribution < -0.4 is 0 Å². The van der Waals surface area contributed by atoms with E-state index in [-0.39, 0.29) is 5.91 Å². The Morgan fingerprint density at radius 3 is 3.05 bits per heavy atom. The normalized spacial score (nSPS) is 19.5. The van der Waals surface area contributed by atoms with E-state index in [4.69, 9.17) is 4.74 Å². The number of likely N-dealkylation sites (tertiary alicyclic amines) is 1. The molecule has 1 aliphatic rings. The fourth-order valence-electron chi connectivity index (χ4n) is 2.59. The van der Waals surface area contributed by atoms with E-state index in [9.17, 15) is 4.79 Å². The summed E-state index contributed by atoms with van der Waals surface area (Å²) in [6.07, 6.45) is 2.20. The Morgan fingerprint density at radius 1 is 1.53 bits per heavy atom. The molecule has 1 aromatic carbocycles. The van der Waals surface area contributed by atoms with Gasteiger partial charge < -0.3 is 9.64 Å². The zero-order chi connectivity index (χ0) is 13.8. The summed E-state index contributed by atoms with van der Waals surface area (Å²) in [6, 6.07) is 5.90. The molecule has 1 aromatic rings. The van der Waals surface area contributed by atoms with Gasteiger partial charge in [0.2, 0.25) is 0 Å². The number of amides is 1. The number of carbonyl (C=O) groups is 1. The molecule has 1 fully saturated rings. The molecule has 4 heteroatoms. The Labute approximate surface area is 123 Å². The largest absolute Gasteiger partial charge is 0.384 e. The number of benzene rings is 1. The van der Waals surface area contributed by atoms with Crippen molar-refractivity contribution in [1.82, 2.24) is 4.90 Å². The molecular formula is C15H20BrNO2. The lowest BCUT2D eigenvalue weighted by molar-refractivity contribution is 0.0570. The number of nitrogens with zero attached hydrogens (tertiary/aromatic N) is 1. The second kappa shape index (κ2) is 6.53. The van der Waals surface area contributed by atoms with Crippen molar-refractivity contribution in [3.05, 3.63) is 33.8 Å². The minimum absolute atomic E-state index is 0.122. The number of methoxy groups -OCH3 is 1. The van der Waals surface area contributed by atoms with E-state index in [1.54, 1.807) is 7.11 Å². The van der Waals surface area contributed by atoms with E-state index in [0.29, 0.717) is 5.92 Å². The van der Waals surface area contributed by atoms with E-state index in [1.165, 1.54) is 0 Å². The van der Waals surface area contributed by atoms with Crippen LogP contribution in [-0.4, -0.2) is 37.6 Å². The lowest BCUT2D eigenvalue weighted by atomic mass is 9.98. The van der Waals surface area contributed by atoms with Gasteiger partial charge in [0.15, 0.2) is 0 Å². The van der Waals surface area contributed by atoms with Crippen molar-refractivity contribution in [3.8, 4) is 0 Å². The highest BCUT2D eigenvalue weighted by atomic mass is 79.9. The van der Waals surface area contributed by atoms with Crippen molar-refractivity contribution in [2.75, 3.05) is 26.8 Å². The highest BCUT2D eigenvalue weighted by Gasteiger charge is 2.25. The van der Waals surface area contributed by atoms with E-state index in [1.807, 2.05) is 30.0 Å². The second-order valence-electron chi connectivity index (χ2n) is 5.20. The van der Waals surface area contributed by atoms with Crippen molar-refractivity contribution >= 4 is 21.8 Å². The molecule has 1 unspecified atom stereocenters. The van der Waals surface area contributed by atoms with Crippen molar-refractivity contribution in [2.45, 2.75) is 19.8 Å². The van der Waals surface area contributed by atoms with Crippen LogP contribution in [0.4, 0.5) is 0 Å². The van der Waals surface area contributed by atoms with Gasteiger partial charge in [-0.1, -0.05) is 11.6 Å². The molecule has 0 aliphatic carbocycles. The highest BCUT2D eigenvalue weighted by Crippen LogP contribution is 2.23. The number of aryl methyl sites for hydroxylation is 1. The van der Waals surface area contributed by atoms with Gasteiger partial charge in [-0.05, 0) is 53.7 Å². The summed E-state index contributed by atoms with van der Waals surface area (Å²) in [6.45, 7) is 4.39. The first kappa shape index (κ1) is 14.5. The van der Waals surface area contributed by atoms with Crippen LogP contribution >= 0.6 is 15.9 Å². The number of carbonyl (C=O) groups excluding carboxylic acids is 1. The first-order chi connectivity index (χ1) is 9.11. The van der Waals surface area contributed by atoms with Crippen LogP contribution in [0.15, 0.2) is 22.7 Å². The topological polar surface area (TPSA) is 29.5 Å². The fourth-order valence-corrected chi connectivity index (χ4v) is 3.01. The predicted molar refractivity (Wildman–Crippen MR) is 79.4 cm³/mol. The molecule has 0 aromatic heterocycles. The summed E-state index contributed by atoms with van der Waals surface area (Å²) in [5.41, 5.74) is 1.87. The average molecular weight is 326 g/mol. The Morgan fingerprint density at radius 2 is 2.32 bits per heavy atom. The molecule has 0 saturated carbocycles. The molecule has 1 heterocycles. The quantitative estimate of drug-likeness (QED) is 0.853. The fraction of sp³-hybridized carbons (Fsp3) is 0.533. The van der Waals surface area contributed by atoms with Crippen LogP contribution in [0.3, 0.4) is 0 Å². The van der Waals surface area contributed by atoms with Crippen molar-refractivity contribution in [2.24, 2.45) is 5.92 Å². The monoisotopic (exact) mass is 325 g/mol. The number of rotatable bonds is 3. The molecule has 0 bridgehead atoms. The van der Waals surface area contributed by atoms with Crippen molar-refractivity contribution in [1.29, 1.82) is 0 Å². The molecule has 1 saturated heterocycles. The lowest BCUT2D eigenvalue weighted by Gasteiger charge is -2.32. The molecule has 1 atom stereocenters. The molecule has 3 nitrogen and oxygen atoms in total. The van der Waals surface area contributed by atoms with Crippen molar-refractivity contribution < 1.29 is 9.53 Å². The zero-order valence-corrected chi connectivity index (χ0v) is 13.1. The number of ether oxygens (including phenoxy) is 1. The minimum atomic E-state index is 0.122. The molecular weight excluding hydrogens is 306 g/mol. The van der Waals surface area contributed by atoms with Crippen LogP contribution in [0.2, 0.25) is 0 Å². The second-order valence-corrected chi connectivity index (χ2v) is 6.05.